The molecule has 0 fully saturated rings. The van der Waals surface area contributed by atoms with Gasteiger partial charge in [0.2, 0.25) is 0 Å². The Hall–Kier alpha value is -1.24. The Bertz CT molecular complexity index is 394. The monoisotopic (exact) mass is 209 g/mol. The predicted molar refractivity (Wildman–Crippen MR) is 54.5 cm³/mol. The minimum atomic E-state index is -0.0324. The average molecular weight is 209 g/mol. The molecule has 0 saturated carbocycles. The smallest absolute Gasteiger partial charge is 0.0984 e. The zero-order valence-electron chi connectivity index (χ0n) is 7.71. The van der Waals surface area contributed by atoms with E-state index in [0.29, 0.717) is 0 Å². The van der Waals surface area contributed by atoms with E-state index >= 15 is 0 Å². The highest BCUT2D eigenvalue weighted by atomic mass is 32.1. The molecule has 0 bridgehead atoms. The van der Waals surface area contributed by atoms with Crippen LogP contribution in [0, 0.1) is 0 Å². The Morgan fingerprint density at radius 1 is 1.64 bits per heavy atom. The van der Waals surface area contributed by atoms with Gasteiger partial charge in [0.05, 0.1) is 24.3 Å². The lowest BCUT2D eigenvalue weighted by molar-refractivity contribution is 0.605. The maximum atomic E-state index is 5.51. The van der Waals surface area contributed by atoms with Crippen molar-refractivity contribution in [2.24, 2.45) is 12.9 Å². The zero-order valence-corrected chi connectivity index (χ0v) is 8.53. The van der Waals surface area contributed by atoms with Crippen LogP contribution in [0.25, 0.3) is 0 Å². The summed E-state index contributed by atoms with van der Waals surface area (Å²) in [6.45, 7) is 0. The number of hydrazine groups is 1. The fraction of sp³-hybridized carbons (Fsp3) is 0.250. The summed E-state index contributed by atoms with van der Waals surface area (Å²) in [7, 11) is 1.94. The van der Waals surface area contributed by atoms with Crippen molar-refractivity contribution in [1.29, 1.82) is 0 Å². The first kappa shape index (κ1) is 9.32. The van der Waals surface area contributed by atoms with Crippen LogP contribution in [0.4, 0.5) is 0 Å². The third kappa shape index (κ3) is 1.54. The summed E-state index contributed by atoms with van der Waals surface area (Å²) < 4.78 is 5.98. The van der Waals surface area contributed by atoms with Gasteiger partial charge in [-0.15, -0.1) is 0 Å². The molecular weight excluding hydrogens is 198 g/mol. The van der Waals surface area contributed by atoms with Crippen LogP contribution in [0.5, 0.6) is 0 Å². The first-order valence-electron chi connectivity index (χ1n) is 4.16. The zero-order chi connectivity index (χ0) is 9.97. The molecule has 3 N–H and O–H groups in total. The summed E-state index contributed by atoms with van der Waals surface area (Å²) in [5, 5.41) is 0. The van der Waals surface area contributed by atoms with E-state index in [1.165, 1.54) is 11.5 Å². The average Bonchev–Trinajstić information content (AvgIpc) is 2.80. The number of imidazole rings is 1. The normalized spacial score (nSPS) is 13.0. The first-order valence-corrected chi connectivity index (χ1v) is 4.93. The van der Waals surface area contributed by atoms with Crippen LogP contribution in [-0.2, 0) is 7.05 Å². The lowest BCUT2D eigenvalue weighted by Gasteiger charge is -2.13. The molecule has 0 amide bonds. The second-order valence-corrected chi connectivity index (χ2v) is 3.81. The molecule has 2 rings (SSSR count). The van der Waals surface area contributed by atoms with E-state index in [-0.39, 0.29) is 6.04 Å². The fourth-order valence-electron chi connectivity index (χ4n) is 1.33. The van der Waals surface area contributed by atoms with E-state index in [1.807, 2.05) is 17.7 Å². The number of rotatable bonds is 3. The molecule has 0 aliphatic heterocycles. The van der Waals surface area contributed by atoms with Crippen LogP contribution in [0.3, 0.4) is 0 Å². The first-order chi connectivity index (χ1) is 6.83. The second kappa shape index (κ2) is 3.87. The van der Waals surface area contributed by atoms with Crippen molar-refractivity contribution in [3.8, 4) is 0 Å². The van der Waals surface area contributed by atoms with Crippen LogP contribution in [0.1, 0.15) is 16.6 Å². The van der Waals surface area contributed by atoms with Gasteiger partial charge in [0, 0.05) is 18.1 Å². The molecule has 6 heteroatoms. The third-order valence-corrected chi connectivity index (χ3v) is 2.87. The molecule has 5 nitrogen and oxygen atoms in total. The van der Waals surface area contributed by atoms with E-state index in [1.54, 1.807) is 18.7 Å². The summed E-state index contributed by atoms with van der Waals surface area (Å²) >= 11 is 1.43. The van der Waals surface area contributed by atoms with Crippen molar-refractivity contribution in [2.75, 3.05) is 0 Å². The molecule has 2 heterocycles. The molecule has 14 heavy (non-hydrogen) atoms. The van der Waals surface area contributed by atoms with Crippen LogP contribution in [-0.4, -0.2) is 13.9 Å². The van der Waals surface area contributed by atoms with Gasteiger partial charge in [-0.05, 0) is 17.6 Å². The lowest BCUT2D eigenvalue weighted by Crippen LogP contribution is -2.29. The van der Waals surface area contributed by atoms with Gasteiger partial charge in [0.15, 0.2) is 0 Å². The lowest BCUT2D eigenvalue weighted by atomic mass is 10.2. The number of hydrogen-bond acceptors (Lipinski definition) is 5. The molecule has 1 unspecified atom stereocenters. The molecular formula is C8H11N5S. The predicted octanol–water partition coefficient (Wildman–Crippen LogP) is 0.429. The van der Waals surface area contributed by atoms with Crippen molar-refractivity contribution >= 4 is 11.5 Å². The standard InChI is InChI=1S/C8H11N5S/c1-13-5-10-4-6(13)8(12-9)7-2-3-11-14-7/h2-5,8,12H,9H2,1H3. The van der Waals surface area contributed by atoms with Crippen LogP contribution in [0.15, 0.2) is 24.8 Å². The maximum absolute atomic E-state index is 5.51. The van der Waals surface area contributed by atoms with Crippen LogP contribution in [0.2, 0.25) is 0 Å². The van der Waals surface area contributed by atoms with Gasteiger partial charge in [-0.1, -0.05) is 0 Å². The Balaban J connectivity index is 2.36. The highest BCUT2D eigenvalue weighted by molar-refractivity contribution is 7.05. The number of aryl methyl sites for hydroxylation is 1. The van der Waals surface area contributed by atoms with Crippen LogP contribution >= 0.6 is 11.5 Å². The number of aromatic nitrogens is 3. The van der Waals surface area contributed by atoms with Gasteiger partial charge in [-0.2, -0.15) is 0 Å². The molecule has 0 aliphatic rings. The number of hydrogen-bond donors (Lipinski definition) is 2. The molecule has 2 aromatic rings. The van der Waals surface area contributed by atoms with Crippen molar-refractivity contribution in [3.05, 3.63) is 35.4 Å². The molecule has 0 saturated heterocycles. The maximum Gasteiger partial charge on any atom is 0.0984 e. The Morgan fingerprint density at radius 2 is 2.50 bits per heavy atom. The quantitative estimate of drug-likeness (QED) is 0.568. The van der Waals surface area contributed by atoms with Gasteiger partial charge < -0.3 is 4.57 Å². The van der Waals surface area contributed by atoms with E-state index in [2.05, 4.69) is 14.8 Å². The molecule has 74 valence electrons. The Morgan fingerprint density at radius 3 is 3.00 bits per heavy atom. The Kier molecular flexibility index (Phi) is 2.58. The van der Waals surface area contributed by atoms with Crippen molar-refractivity contribution in [2.45, 2.75) is 6.04 Å². The fourth-order valence-corrected chi connectivity index (χ4v) is 1.99. The molecule has 2 aromatic heterocycles. The van der Waals surface area contributed by atoms with Gasteiger partial charge >= 0.3 is 0 Å². The van der Waals surface area contributed by atoms with E-state index in [0.717, 1.165) is 10.6 Å². The number of nitrogens with two attached hydrogens (primary N) is 1. The highest BCUT2D eigenvalue weighted by Gasteiger charge is 2.16. The Labute approximate surface area is 85.7 Å². The highest BCUT2D eigenvalue weighted by Crippen LogP contribution is 2.22. The van der Waals surface area contributed by atoms with Crippen molar-refractivity contribution in [1.82, 2.24) is 19.4 Å². The summed E-state index contributed by atoms with van der Waals surface area (Å²) in [5.74, 6) is 5.51. The minimum Gasteiger partial charge on any atom is -0.336 e. The van der Waals surface area contributed by atoms with Crippen molar-refractivity contribution < 1.29 is 0 Å². The molecule has 1 atom stereocenters. The SMILES string of the molecule is Cn1cncc1C(NN)c1ccns1. The summed E-state index contributed by atoms with van der Waals surface area (Å²) in [6, 6.07) is 1.91. The van der Waals surface area contributed by atoms with Gasteiger partial charge in [-0.3, -0.25) is 5.84 Å². The van der Waals surface area contributed by atoms with Gasteiger partial charge in [0.1, 0.15) is 0 Å². The molecule has 0 spiro atoms. The topological polar surface area (TPSA) is 68.8 Å². The summed E-state index contributed by atoms with van der Waals surface area (Å²) in [5.41, 5.74) is 3.78. The van der Waals surface area contributed by atoms with Crippen LogP contribution < -0.4 is 11.3 Å². The second-order valence-electron chi connectivity index (χ2n) is 2.94. The molecule has 0 aromatic carbocycles. The minimum absolute atomic E-state index is 0.0324. The molecule has 0 aliphatic carbocycles. The molecule has 0 radical (unpaired) electrons. The third-order valence-electron chi connectivity index (χ3n) is 2.06. The van der Waals surface area contributed by atoms with Crippen molar-refractivity contribution in [3.63, 3.8) is 0 Å². The van der Waals surface area contributed by atoms with E-state index in [4.69, 9.17) is 5.84 Å². The largest absolute Gasteiger partial charge is 0.336 e. The van der Waals surface area contributed by atoms with E-state index < -0.39 is 0 Å². The van der Waals surface area contributed by atoms with Gasteiger partial charge in [0.25, 0.3) is 0 Å². The number of nitrogens with one attached hydrogen (secondary N) is 1. The van der Waals surface area contributed by atoms with Gasteiger partial charge in [-0.25, -0.2) is 14.8 Å². The summed E-state index contributed by atoms with van der Waals surface area (Å²) in [4.78, 5) is 5.13. The van der Waals surface area contributed by atoms with E-state index in [9.17, 15) is 0 Å². The number of nitrogens with zero attached hydrogens (tertiary/aromatic N) is 3. The summed E-state index contributed by atoms with van der Waals surface area (Å²) in [6.07, 6.45) is 5.31.